The molecule has 3 heterocycles. The highest BCUT2D eigenvalue weighted by Gasteiger charge is 2.19. The Morgan fingerprint density at radius 3 is 1.12 bits per heavy atom. The minimum atomic E-state index is -0.352. The van der Waals surface area contributed by atoms with Crippen molar-refractivity contribution in [2.75, 3.05) is 0 Å². The van der Waals surface area contributed by atoms with E-state index in [2.05, 4.69) is 130 Å². The number of benzene rings is 8. The van der Waals surface area contributed by atoms with Gasteiger partial charge in [0.25, 0.3) is 0 Å². The first-order chi connectivity index (χ1) is 28.6. The lowest BCUT2D eigenvalue weighted by Gasteiger charge is -2.10. The van der Waals surface area contributed by atoms with Gasteiger partial charge in [-0.3, -0.25) is 0 Å². The van der Waals surface area contributed by atoms with Crippen LogP contribution in [0.1, 0.15) is 0 Å². The summed E-state index contributed by atoms with van der Waals surface area (Å²) in [6.07, 6.45) is 0. The van der Waals surface area contributed by atoms with Gasteiger partial charge in [-0.25, -0.2) is 23.7 Å². The Balaban J connectivity index is 1.11. The summed E-state index contributed by atoms with van der Waals surface area (Å²) in [5, 5.41) is 4.50. The molecule has 0 bridgehead atoms. The minimum absolute atomic E-state index is 0.352. The number of para-hydroxylation sites is 3. The third kappa shape index (κ3) is 5.63. The molecule has 0 radical (unpaired) electrons. The highest BCUT2D eigenvalue weighted by atomic mass is 19.1. The van der Waals surface area contributed by atoms with Crippen LogP contribution in [-0.4, -0.2) is 24.1 Å². The summed E-state index contributed by atoms with van der Waals surface area (Å²) in [7, 11) is 0. The molecule has 0 unspecified atom stereocenters. The molecule has 8 aromatic carbocycles. The lowest BCUT2D eigenvalue weighted by molar-refractivity contribution is 0.627. The lowest BCUT2D eigenvalue weighted by Crippen LogP contribution is -2.00. The second-order valence-corrected chi connectivity index (χ2v) is 14.4. The number of hydrogen-bond acceptors (Lipinski definition) is 3. The zero-order valence-corrected chi connectivity index (χ0v) is 30.9. The zero-order valence-electron chi connectivity index (χ0n) is 30.9. The molecule has 0 N–H and O–H groups in total. The van der Waals surface area contributed by atoms with Gasteiger partial charge in [0, 0.05) is 49.6 Å². The van der Waals surface area contributed by atoms with Gasteiger partial charge in [-0.05, 0) is 132 Å². The van der Waals surface area contributed by atoms with E-state index in [-0.39, 0.29) is 11.6 Å². The van der Waals surface area contributed by atoms with Gasteiger partial charge in [0.1, 0.15) is 11.6 Å². The maximum absolute atomic E-state index is 14.0. The number of nitrogens with zero attached hydrogens (tertiary/aromatic N) is 5. The number of fused-ring (bicyclic) bond motifs is 6. The third-order valence-electron chi connectivity index (χ3n) is 10.9. The fourth-order valence-corrected chi connectivity index (χ4v) is 8.17. The summed E-state index contributed by atoms with van der Waals surface area (Å²) >= 11 is 0. The van der Waals surface area contributed by atoms with Crippen LogP contribution in [0.4, 0.5) is 8.78 Å². The normalized spacial score (nSPS) is 11.6. The first kappa shape index (κ1) is 33.6. The van der Waals surface area contributed by atoms with E-state index < -0.39 is 0 Å². The summed E-state index contributed by atoms with van der Waals surface area (Å²) in [4.78, 5) is 14.6. The number of rotatable bonds is 6. The van der Waals surface area contributed by atoms with E-state index in [1.54, 1.807) is 24.3 Å². The highest BCUT2D eigenvalue weighted by molar-refractivity contribution is 6.13. The molecule has 0 aliphatic heterocycles. The van der Waals surface area contributed by atoms with Crippen molar-refractivity contribution in [3.05, 3.63) is 200 Å². The Bertz CT molecular complexity index is 3270. The maximum atomic E-state index is 14.0. The predicted octanol–water partition coefficient (Wildman–Crippen LogP) is 13.0. The monoisotopic (exact) mass is 751 g/mol. The van der Waals surface area contributed by atoms with Crippen LogP contribution in [0.5, 0.6) is 0 Å². The van der Waals surface area contributed by atoms with Gasteiger partial charge in [0.2, 0.25) is 0 Å². The standard InChI is InChI=1S/C51H31F2N5/c52-37-22-15-32(16-23-37)49-54-50(33-17-24-38(53)25-18-33)56-51(55-49)36-21-28-48-44(31-36)43-30-35(20-27-47(43)58(48)40-11-5-2-6-12-40)34-19-26-46-42(29-34)41-13-7-8-14-45(41)57(46)39-9-3-1-4-10-39/h1-31H. The van der Waals surface area contributed by atoms with E-state index in [0.29, 0.717) is 28.6 Å². The Morgan fingerprint density at radius 2 is 0.638 bits per heavy atom. The SMILES string of the molecule is Fc1ccc(-c2nc(-c3ccc(F)cc3)nc(-c3ccc4c(c3)c3cc(-c5ccc6c(c5)c5ccccc5n6-c5ccccc5)ccc3n4-c3ccccc3)n2)cc1. The molecule has 0 amide bonds. The molecule has 7 heteroatoms. The van der Waals surface area contributed by atoms with Crippen LogP contribution in [0, 0.1) is 11.6 Å². The molecule has 3 aromatic heterocycles. The van der Waals surface area contributed by atoms with Crippen molar-refractivity contribution in [2.45, 2.75) is 0 Å². The predicted molar refractivity (Wildman–Crippen MR) is 230 cm³/mol. The minimum Gasteiger partial charge on any atom is -0.309 e. The molecule has 11 rings (SSSR count). The fourth-order valence-electron chi connectivity index (χ4n) is 8.17. The first-order valence-electron chi connectivity index (χ1n) is 19.1. The Kier molecular flexibility index (Phi) is 7.79. The van der Waals surface area contributed by atoms with E-state index >= 15 is 0 Å². The van der Waals surface area contributed by atoms with Crippen molar-refractivity contribution in [3.63, 3.8) is 0 Å². The Labute approximate surface area is 331 Å². The largest absolute Gasteiger partial charge is 0.309 e. The van der Waals surface area contributed by atoms with Crippen LogP contribution < -0.4 is 0 Å². The second kappa shape index (κ2) is 13.5. The van der Waals surface area contributed by atoms with Crippen LogP contribution in [0.15, 0.2) is 188 Å². The van der Waals surface area contributed by atoms with Crippen molar-refractivity contribution in [2.24, 2.45) is 0 Å². The van der Waals surface area contributed by atoms with E-state index in [0.717, 1.165) is 55.4 Å². The van der Waals surface area contributed by atoms with Crippen molar-refractivity contribution >= 4 is 43.6 Å². The average Bonchev–Trinajstić information content (AvgIpc) is 3.79. The van der Waals surface area contributed by atoms with Crippen molar-refractivity contribution in [3.8, 4) is 56.7 Å². The van der Waals surface area contributed by atoms with Crippen LogP contribution in [-0.2, 0) is 0 Å². The van der Waals surface area contributed by atoms with E-state index in [9.17, 15) is 8.78 Å². The lowest BCUT2D eigenvalue weighted by atomic mass is 10.00. The maximum Gasteiger partial charge on any atom is 0.164 e. The van der Waals surface area contributed by atoms with Gasteiger partial charge in [-0.1, -0.05) is 66.7 Å². The molecule has 0 saturated heterocycles. The van der Waals surface area contributed by atoms with Crippen molar-refractivity contribution in [1.82, 2.24) is 24.1 Å². The molecule has 0 saturated carbocycles. The topological polar surface area (TPSA) is 48.5 Å². The Morgan fingerprint density at radius 1 is 0.293 bits per heavy atom. The van der Waals surface area contributed by atoms with Gasteiger partial charge in [-0.15, -0.1) is 0 Å². The fraction of sp³-hybridized carbons (Fsp3) is 0. The quantitative estimate of drug-likeness (QED) is 0.170. The highest BCUT2D eigenvalue weighted by Crippen LogP contribution is 2.39. The van der Waals surface area contributed by atoms with Crippen LogP contribution in [0.2, 0.25) is 0 Å². The van der Waals surface area contributed by atoms with Crippen molar-refractivity contribution in [1.29, 1.82) is 0 Å². The molecule has 5 nitrogen and oxygen atoms in total. The zero-order chi connectivity index (χ0) is 38.7. The molecule has 0 atom stereocenters. The van der Waals surface area contributed by atoms with Gasteiger partial charge >= 0.3 is 0 Å². The molecule has 0 aliphatic rings. The van der Waals surface area contributed by atoms with Crippen molar-refractivity contribution < 1.29 is 8.78 Å². The summed E-state index contributed by atoms with van der Waals surface area (Å²) < 4.78 is 32.6. The van der Waals surface area contributed by atoms with Gasteiger partial charge in [0.05, 0.1) is 22.1 Å². The van der Waals surface area contributed by atoms with Crippen LogP contribution >= 0.6 is 0 Å². The smallest absolute Gasteiger partial charge is 0.164 e. The number of aromatic nitrogens is 5. The molecule has 58 heavy (non-hydrogen) atoms. The molecular weight excluding hydrogens is 721 g/mol. The molecule has 11 aromatic rings. The number of hydrogen-bond donors (Lipinski definition) is 0. The summed E-state index contributed by atoms with van der Waals surface area (Å²) in [5.41, 5.74) is 10.9. The van der Waals surface area contributed by atoms with Crippen LogP contribution in [0.3, 0.4) is 0 Å². The van der Waals surface area contributed by atoms with Gasteiger partial charge in [-0.2, -0.15) is 0 Å². The molecule has 0 aliphatic carbocycles. The van der Waals surface area contributed by atoms with Gasteiger partial charge < -0.3 is 9.13 Å². The second-order valence-electron chi connectivity index (χ2n) is 14.4. The summed E-state index contributed by atoms with van der Waals surface area (Å²) in [5.74, 6) is 0.531. The molecule has 0 fully saturated rings. The Hall–Kier alpha value is -7.77. The van der Waals surface area contributed by atoms with E-state index in [1.165, 1.54) is 40.6 Å². The number of halogens is 2. The summed E-state index contributed by atoms with van der Waals surface area (Å²) in [6.45, 7) is 0. The third-order valence-corrected chi connectivity index (χ3v) is 10.9. The van der Waals surface area contributed by atoms with E-state index in [1.807, 2.05) is 18.2 Å². The summed E-state index contributed by atoms with van der Waals surface area (Å²) in [6, 6.07) is 61.3. The van der Waals surface area contributed by atoms with Crippen LogP contribution in [0.25, 0.3) is 100 Å². The molecular formula is C51H31F2N5. The average molecular weight is 752 g/mol. The van der Waals surface area contributed by atoms with Gasteiger partial charge in [0.15, 0.2) is 17.5 Å². The molecule has 0 spiro atoms. The molecule has 274 valence electrons. The first-order valence-corrected chi connectivity index (χ1v) is 19.1. The van der Waals surface area contributed by atoms with E-state index in [4.69, 9.17) is 15.0 Å².